The summed E-state index contributed by atoms with van der Waals surface area (Å²) in [4.78, 5) is 30.7. The van der Waals surface area contributed by atoms with Crippen LogP contribution in [0.1, 0.15) is 15.9 Å². The number of nitrogens with one attached hydrogen (secondary N) is 1. The standard InChI is InChI=1S/C22H21N3O4S/c1-28-21(27)16-5-2-15(3-6-16)4-9-20(26)23-17-7-8-18-19(14-17)30-22(24-18)25-10-12-29-13-11-25/h2-9,14H,10-13H2,1H3,(H,23,26)/b9-4+. The molecule has 8 heteroatoms. The summed E-state index contributed by atoms with van der Waals surface area (Å²) in [5, 5.41) is 3.86. The molecule has 2 aromatic carbocycles. The van der Waals surface area contributed by atoms with Gasteiger partial charge in [0.05, 0.1) is 36.1 Å². The SMILES string of the molecule is COC(=O)c1ccc(/C=C/C(=O)Nc2ccc3nc(N4CCOCC4)sc3c2)cc1. The van der Waals surface area contributed by atoms with Crippen LogP contribution in [0.5, 0.6) is 0 Å². The van der Waals surface area contributed by atoms with E-state index >= 15 is 0 Å². The number of carbonyl (C=O) groups is 2. The van der Waals surface area contributed by atoms with E-state index in [2.05, 4.69) is 19.9 Å². The van der Waals surface area contributed by atoms with Gasteiger partial charge in [0.15, 0.2) is 5.13 Å². The van der Waals surface area contributed by atoms with Gasteiger partial charge in [0.1, 0.15) is 0 Å². The summed E-state index contributed by atoms with van der Waals surface area (Å²) in [6.07, 6.45) is 3.15. The number of amides is 1. The second-order valence-electron chi connectivity index (χ2n) is 6.71. The molecule has 1 saturated heterocycles. The van der Waals surface area contributed by atoms with E-state index in [0.717, 1.165) is 52.9 Å². The zero-order valence-electron chi connectivity index (χ0n) is 16.5. The van der Waals surface area contributed by atoms with E-state index in [1.54, 1.807) is 41.7 Å². The number of methoxy groups -OCH3 is 1. The van der Waals surface area contributed by atoms with Crippen LogP contribution >= 0.6 is 11.3 Å². The monoisotopic (exact) mass is 423 g/mol. The topological polar surface area (TPSA) is 80.8 Å². The number of nitrogens with zero attached hydrogens (tertiary/aromatic N) is 2. The number of benzene rings is 2. The Morgan fingerprint density at radius 2 is 1.93 bits per heavy atom. The molecule has 0 aliphatic carbocycles. The van der Waals surface area contributed by atoms with Crippen LogP contribution in [-0.4, -0.2) is 50.3 Å². The minimum absolute atomic E-state index is 0.232. The van der Waals surface area contributed by atoms with Crippen LogP contribution in [0.3, 0.4) is 0 Å². The van der Waals surface area contributed by atoms with Gasteiger partial charge in [-0.3, -0.25) is 4.79 Å². The summed E-state index contributed by atoms with van der Waals surface area (Å²) < 4.78 is 11.1. The molecule has 1 N–H and O–H groups in total. The molecule has 1 fully saturated rings. The van der Waals surface area contributed by atoms with Gasteiger partial charge in [-0.15, -0.1) is 0 Å². The van der Waals surface area contributed by atoms with Crippen molar-refractivity contribution in [3.05, 3.63) is 59.7 Å². The number of rotatable bonds is 5. The largest absolute Gasteiger partial charge is 0.465 e. The van der Waals surface area contributed by atoms with Crippen molar-refractivity contribution in [2.45, 2.75) is 0 Å². The van der Waals surface area contributed by atoms with Crippen LogP contribution in [0.4, 0.5) is 10.8 Å². The summed E-state index contributed by atoms with van der Waals surface area (Å²) in [6, 6.07) is 12.5. The third kappa shape index (κ3) is 4.67. The quantitative estimate of drug-likeness (QED) is 0.499. The molecule has 1 aliphatic rings. The molecule has 30 heavy (non-hydrogen) atoms. The van der Waals surface area contributed by atoms with Gasteiger partial charge in [-0.05, 0) is 42.0 Å². The molecular weight excluding hydrogens is 402 g/mol. The maximum atomic E-state index is 12.3. The molecule has 1 aromatic heterocycles. The van der Waals surface area contributed by atoms with Gasteiger partial charge in [0.2, 0.25) is 5.91 Å². The molecule has 0 saturated carbocycles. The molecule has 2 heterocycles. The van der Waals surface area contributed by atoms with Crippen LogP contribution in [0, 0.1) is 0 Å². The number of esters is 1. The molecule has 0 atom stereocenters. The minimum Gasteiger partial charge on any atom is -0.465 e. The summed E-state index contributed by atoms with van der Waals surface area (Å²) in [5.41, 5.74) is 2.91. The number of anilines is 2. The van der Waals surface area contributed by atoms with Crippen molar-refractivity contribution in [1.82, 2.24) is 4.98 Å². The Morgan fingerprint density at radius 1 is 1.17 bits per heavy atom. The first-order chi connectivity index (χ1) is 14.6. The van der Waals surface area contributed by atoms with E-state index in [1.165, 1.54) is 13.2 Å². The number of hydrogen-bond acceptors (Lipinski definition) is 7. The Morgan fingerprint density at radius 3 is 2.67 bits per heavy atom. The van der Waals surface area contributed by atoms with Crippen LogP contribution in [0.15, 0.2) is 48.5 Å². The van der Waals surface area contributed by atoms with Crippen molar-refractivity contribution in [2.24, 2.45) is 0 Å². The van der Waals surface area contributed by atoms with Crippen LogP contribution in [0.25, 0.3) is 16.3 Å². The van der Waals surface area contributed by atoms with Crippen molar-refractivity contribution in [3.63, 3.8) is 0 Å². The molecule has 4 rings (SSSR count). The lowest BCUT2D eigenvalue weighted by molar-refractivity contribution is -0.111. The Bertz CT molecular complexity index is 1090. The van der Waals surface area contributed by atoms with Crippen LogP contribution in [0.2, 0.25) is 0 Å². The fourth-order valence-corrected chi connectivity index (χ4v) is 4.14. The number of ether oxygens (including phenoxy) is 2. The fourth-order valence-electron chi connectivity index (χ4n) is 3.08. The van der Waals surface area contributed by atoms with E-state index in [0.29, 0.717) is 5.56 Å². The molecule has 0 unspecified atom stereocenters. The number of aromatic nitrogens is 1. The number of thiazole rings is 1. The molecule has 7 nitrogen and oxygen atoms in total. The maximum Gasteiger partial charge on any atom is 0.337 e. The average Bonchev–Trinajstić information content (AvgIpc) is 3.21. The lowest BCUT2D eigenvalue weighted by Gasteiger charge is -2.25. The van der Waals surface area contributed by atoms with E-state index in [9.17, 15) is 9.59 Å². The lowest BCUT2D eigenvalue weighted by Crippen LogP contribution is -2.36. The van der Waals surface area contributed by atoms with E-state index < -0.39 is 5.97 Å². The van der Waals surface area contributed by atoms with Gasteiger partial charge in [0.25, 0.3) is 0 Å². The number of fused-ring (bicyclic) bond motifs is 1. The molecule has 154 valence electrons. The molecule has 1 amide bonds. The summed E-state index contributed by atoms with van der Waals surface area (Å²) >= 11 is 1.61. The molecule has 0 bridgehead atoms. The van der Waals surface area contributed by atoms with E-state index in [4.69, 9.17) is 4.74 Å². The Balaban J connectivity index is 1.41. The summed E-state index contributed by atoms with van der Waals surface area (Å²) in [5.74, 6) is -0.622. The fraction of sp³-hybridized carbons (Fsp3) is 0.227. The van der Waals surface area contributed by atoms with Crippen molar-refractivity contribution in [1.29, 1.82) is 0 Å². The maximum absolute atomic E-state index is 12.3. The number of carbonyl (C=O) groups excluding carboxylic acids is 2. The van der Waals surface area contributed by atoms with Crippen molar-refractivity contribution < 1.29 is 19.1 Å². The third-order valence-electron chi connectivity index (χ3n) is 4.69. The van der Waals surface area contributed by atoms with Crippen molar-refractivity contribution >= 4 is 50.3 Å². The second kappa shape index (κ2) is 9.06. The number of morpholine rings is 1. The first kappa shape index (κ1) is 20.1. The van der Waals surface area contributed by atoms with Gasteiger partial charge in [0, 0.05) is 24.9 Å². The highest BCUT2D eigenvalue weighted by atomic mass is 32.1. The minimum atomic E-state index is -0.390. The highest BCUT2D eigenvalue weighted by molar-refractivity contribution is 7.22. The van der Waals surface area contributed by atoms with Crippen LogP contribution in [-0.2, 0) is 14.3 Å². The first-order valence-corrected chi connectivity index (χ1v) is 10.3. The number of hydrogen-bond donors (Lipinski definition) is 1. The Labute approximate surface area is 177 Å². The van der Waals surface area contributed by atoms with E-state index in [-0.39, 0.29) is 5.91 Å². The predicted molar refractivity (Wildman–Crippen MR) is 118 cm³/mol. The molecule has 0 spiro atoms. The first-order valence-electron chi connectivity index (χ1n) is 9.53. The van der Waals surface area contributed by atoms with Gasteiger partial charge in [-0.2, -0.15) is 0 Å². The van der Waals surface area contributed by atoms with Gasteiger partial charge in [-0.1, -0.05) is 23.5 Å². The molecular formula is C22H21N3O4S. The Hall–Kier alpha value is -3.23. The van der Waals surface area contributed by atoms with Gasteiger partial charge >= 0.3 is 5.97 Å². The highest BCUT2D eigenvalue weighted by Gasteiger charge is 2.15. The van der Waals surface area contributed by atoms with Gasteiger partial charge < -0.3 is 19.7 Å². The lowest BCUT2D eigenvalue weighted by atomic mass is 10.1. The molecule has 3 aromatic rings. The average molecular weight is 423 g/mol. The van der Waals surface area contributed by atoms with Crippen molar-refractivity contribution in [2.75, 3.05) is 43.6 Å². The predicted octanol–water partition coefficient (Wildman–Crippen LogP) is 3.57. The normalized spacial score (nSPS) is 14.2. The Kier molecular flexibility index (Phi) is 6.06. The van der Waals surface area contributed by atoms with Crippen molar-refractivity contribution in [3.8, 4) is 0 Å². The zero-order chi connectivity index (χ0) is 20.9. The zero-order valence-corrected chi connectivity index (χ0v) is 17.3. The van der Waals surface area contributed by atoms with Gasteiger partial charge in [-0.25, -0.2) is 9.78 Å². The highest BCUT2D eigenvalue weighted by Crippen LogP contribution is 2.31. The second-order valence-corrected chi connectivity index (χ2v) is 7.72. The smallest absolute Gasteiger partial charge is 0.337 e. The summed E-state index contributed by atoms with van der Waals surface area (Å²) in [7, 11) is 1.34. The third-order valence-corrected chi connectivity index (χ3v) is 5.76. The molecule has 1 aliphatic heterocycles. The van der Waals surface area contributed by atoms with Crippen LogP contribution < -0.4 is 10.2 Å². The van der Waals surface area contributed by atoms with E-state index in [1.807, 2.05) is 18.2 Å². The summed E-state index contributed by atoms with van der Waals surface area (Å²) in [6.45, 7) is 3.12. The molecule has 0 radical (unpaired) electrons.